The number of carbonyl (C=O) groups is 2. The predicted octanol–water partition coefficient (Wildman–Crippen LogP) is 2.26. The zero-order valence-corrected chi connectivity index (χ0v) is 16.3. The van der Waals surface area contributed by atoms with Crippen LogP contribution in [0.4, 0.5) is 5.69 Å². The fraction of sp³-hybridized carbons (Fsp3) is 0.300. The summed E-state index contributed by atoms with van der Waals surface area (Å²) in [5.74, 6) is -0.721. The molecule has 1 saturated heterocycles. The summed E-state index contributed by atoms with van der Waals surface area (Å²) in [4.78, 5) is 24.6. The smallest absolute Gasteiger partial charge is 0.307 e. The average Bonchev–Trinajstić information content (AvgIpc) is 3.07. The van der Waals surface area contributed by atoms with Gasteiger partial charge >= 0.3 is 5.97 Å². The Morgan fingerprint density at radius 2 is 1.89 bits per heavy atom. The van der Waals surface area contributed by atoms with E-state index < -0.39 is 27.9 Å². The number of amides is 1. The van der Waals surface area contributed by atoms with Gasteiger partial charge in [0.15, 0.2) is 0 Å². The SMILES string of the molecule is COC(=O)C[C@@H](NC(=O)c1cccc(N2CCCS2(=O)=O)c1)c1ccccc1. The molecule has 1 amide bonds. The summed E-state index contributed by atoms with van der Waals surface area (Å²) in [6, 6.07) is 15.1. The van der Waals surface area contributed by atoms with E-state index >= 15 is 0 Å². The first-order valence-electron chi connectivity index (χ1n) is 8.94. The van der Waals surface area contributed by atoms with E-state index in [0.29, 0.717) is 24.2 Å². The minimum Gasteiger partial charge on any atom is -0.469 e. The maximum absolute atomic E-state index is 12.8. The molecular formula is C20H22N2O5S. The second kappa shape index (κ2) is 8.43. The first-order chi connectivity index (χ1) is 13.4. The number of sulfonamides is 1. The molecule has 2 aromatic carbocycles. The van der Waals surface area contributed by atoms with Crippen molar-refractivity contribution in [3.63, 3.8) is 0 Å². The van der Waals surface area contributed by atoms with Crippen molar-refractivity contribution >= 4 is 27.6 Å². The zero-order chi connectivity index (χ0) is 20.1. The molecule has 1 fully saturated rings. The lowest BCUT2D eigenvalue weighted by Gasteiger charge is -2.20. The van der Waals surface area contributed by atoms with Crippen LogP contribution in [0.1, 0.15) is 34.8 Å². The van der Waals surface area contributed by atoms with Gasteiger partial charge in [0.1, 0.15) is 0 Å². The number of carbonyl (C=O) groups excluding carboxylic acids is 2. The first kappa shape index (κ1) is 19.9. The number of anilines is 1. The highest BCUT2D eigenvalue weighted by molar-refractivity contribution is 7.93. The molecule has 1 aliphatic heterocycles. The third-order valence-corrected chi connectivity index (χ3v) is 6.47. The molecule has 8 heteroatoms. The van der Waals surface area contributed by atoms with Gasteiger partial charge in [-0.1, -0.05) is 36.4 Å². The molecule has 148 valence electrons. The van der Waals surface area contributed by atoms with Crippen LogP contribution in [0, 0.1) is 0 Å². The van der Waals surface area contributed by atoms with Crippen molar-refractivity contribution < 1.29 is 22.7 Å². The standard InChI is InChI=1S/C20H22N2O5S/c1-27-19(23)14-18(15-7-3-2-4-8-15)21-20(24)16-9-5-10-17(13-16)22-11-6-12-28(22,25)26/h2-5,7-10,13,18H,6,11-12,14H2,1H3,(H,21,24)/t18-/m1/s1. The van der Waals surface area contributed by atoms with Gasteiger partial charge in [-0.25, -0.2) is 8.42 Å². The van der Waals surface area contributed by atoms with Crippen molar-refractivity contribution in [1.82, 2.24) is 5.32 Å². The average molecular weight is 402 g/mol. The van der Waals surface area contributed by atoms with Crippen molar-refractivity contribution in [3.05, 3.63) is 65.7 Å². The lowest BCUT2D eigenvalue weighted by atomic mass is 10.0. The molecule has 0 unspecified atom stereocenters. The molecule has 0 spiro atoms. The number of hydrogen-bond donors (Lipinski definition) is 1. The Balaban J connectivity index is 1.82. The molecule has 0 radical (unpaired) electrons. The fourth-order valence-electron chi connectivity index (χ4n) is 3.16. The van der Waals surface area contributed by atoms with E-state index in [1.54, 1.807) is 24.3 Å². The number of esters is 1. The second-order valence-electron chi connectivity index (χ2n) is 6.51. The number of methoxy groups -OCH3 is 1. The summed E-state index contributed by atoms with van der Waals surface area (Å²) in [6.45, 7) is 0.405. The van der Waals surface area contributed by atoms with Crippen LogP contribution >= 0.6 is 0 Å². The number of ether oxygens (including phenoxy) is 1. The second-order valence-corrected chi connectivity index (χ2v) is 8.52. The quantitative estimate of drug-likeness (QED) is 0.748. The van der Waals surface area contributed by atoms with Crippen LogP contribution in [-0.4, -0.2) is 39.7 Å². The van der Waals surface area contributed by atoms with Crippen molar-refractivity contribution in [3.8, 4) is 0 Å². The molecule has 0 bridgehead atoms. The van der Waals surface area contributed by atoms with Gasteiger partial charge in [0, 0.05) is 12.1 Å². The molecule has 2 aromatic rings. The Labute approximate surface area is 164 Å². The van der Waals surface area contributed by atoms with E-state index in [1.165, 1.54) is 11.4 Å². The third kappa shape index (κ3) is 4.51. The van der Waals surface area contributed by atoms with Gasteiger partial charge in [-0.2, -0.15) is 0 Å². The minimum atomic E-state index is -3.33. The molecule has 3 rings (SSSR count). The van der Waals surface area contributed by atoms with Gasteiger partial charge < -0.3 is 10.1 Å². The number of benzene rings is 2. The van der Waals surface area contributed by atoms with E-state index in [1.807, 2.05) is 30.3 Å². The van der Waals surface area contributed by atoms with Crippen LogP contribution in [0.3, 0.4) is 0 Å². The maximum Gasteiger partial charge on any atom is 0.307 e. The van der Waals surface area contributed by atoms with Crippen LogP contribution < -0.4 is 9.62 Å². The zero-order valence-electron chi connectivity index (χ0n) is 15.5. The minimum absolute atomic E-state index is 0.00749. The Bertz CT molecular complexity index is 960. The van der Waals surface area contributed by atoms with Gasteiger partial charge in [-0.15, -0.1) is 0 Å². The first-order valence-corrected chi connectivity index (χ1v) is 10.5. The van der Waals surface area contributed by atoms with Gasteiger partial charge in [0.05, 0.1) is 31.0 Å². The van der Waals surface area contributed by atoms with Gasteiger partial charge in [0.25, 0.3) is 5.91 Å². The van der Waals surface area contributed by atoms with Gasteiger partial charge in [-0.3, -0.25) is 13.9 Å². The van der Waals surface area contributed by atoms with Crippen molar-refractivity contribution in [2.75, 3.05) is 23.7 Å². The number of nitrogens with zero attached hydrogens (tertiary/aromatic N) is 1. The molecule has 0 aliphatic carbocycles. The highest BCUT2D eigenvalue weighted by atomic mass is 32.2. The Morgan fingerprint density at radius 1 is 1.14 bits per heavy atom. The highest BCUT2D eigenvalue weighted by Crippen LogP contribution is 2.25. The van der Waals surface area contributed by atoms with Crippen molar-refractivity contribution in [2.24, 2.45) is 0 Å². The van der Waals surface area contributed by atoms with E-state index in [-0.39, 0.29) is 12.2 Å². The normalized spacial score (nSPS) is 16.4. The van der Waals surface area contributed by atoms with E-state index in [4.69, 9.17) is 4.74 Å². The Morgan fingerprint density at radius 3 is 2.54 bits per heavy atom. The lowest BCUT2D eigenvalue weighted by Crippen LogP contribution is -2.31. The topological polar surface area (TPSA) is 92.8 Å². The summed E-state index contributed by atoms with van der Waals surface area (Å²) >= 11 is 0. The summed E-state index contributed by atoms with van der Waals surface area (Å²) in [5.41, 5.74) is 1.57. The number of rotatable bonds is 6. The van der Waals surface area contributed by atoms with E-state index in [9.17, 15) is 18.0 Å². The lowest BCUT2D eigenvalue weighted by molar-refractivity contribution is -0.141. The highest BCUT2D eigenvalue weighted by Gasteiger charge is 2.29. The monoisotopic (exact) mass is 402 g/mol. The summed E-state index contributed by atoms with van der Waals surface area (Å²) in [6.07, 6.45) is 0.556. The largest absolute Gasteiger partial charge is 0.469 e. The summed E-state index contributed by atoms with van der Waals surface area (Å²) < 4.78 is 30.3. The van der Waals surface area contributed by atoms with Gasteiger partial charge in [-0.05, 0) is 30.2 Å². The van der Waals surface area contributed by atoms with Gasteiger partial charge in [0.2, 0.25) is 10.0 Å². The Kier molecular flexibility index (Phi) is 5.99. The molecule has 7 nitrogen and oxygen atoms in total. The molecule has 1 N–H and O–H groups in total. The molecule has 1 aliphatic rings. The molecule has 0 saturated carbocycles. The molecule has 28 heavy (non-hydrogen) atoms. The number of nitrogens with one attached hydrogen (secondary N) is 1. The van der Waals surface area contributed by atoms with Crippen LogP contribution in [0.15, 0.2) is 54.6 Å². The van der Waals surface area contributed by atoms with E-state index in [2.05, 4.69) is 5.32 Å². The van der Waals surface area contributed by atoms with Crippen molar-refractivity contribution in [1.29, 1.82) is 0 Å². The number of hydrogen-bond acceptors (Lipinski definition) is 5. The third-order valence-electron chi connectivity index (χ3n) is 4.60. The van der Waals surface area contributed by atoms with Crippen LogP contribution in [-0.2, 0) is 19.6 Å². The molecule has 1 heterocycles. The molecule has 1 atom stereocenters. The molecule has 0 aromatic heterocycles. The van der Waals surface area contributed by atoms with E-state index in [0.717, 1.165) is 5.56 Å². The Hall–Kier alpha value is -2.87. The predicted molar refractivity (Wildman–Crippen MR) is 105 cm³/mol. The summed E-state index contributed by atoms with van der Waals surface area (Å²) in [7, 11) is -2.03. The maximum atomic E-state index is 12.8. The summed E-state index contributed by atoms with van der Waals surface area (Å²) in [5, 5.41) is 2.85. The van der Waals surface area contributed by atoms with Crippen molar-refractivity contribution in [2.45, 2.75) is 18.9 Å². The van der Waals surface area contributed by atoms with Crippen LogP contribution in [0.5, 0.6) is 0 Å². The fourth-order valence-corrected chi connectivity index (χ4v) is 4.72. The molecular weight excluding hydrogens is 380 g/mol. The van der Waals surface area contributed by atoms with Crippen LogP contribution in [0.25, 0.3) is 0 Å². The van der Waals surface area contributed by atoms with Crippen LogP contribution in [0.2, 0.25) is 0 Å².